The number of piperazine rings is 1. The van der Waals surface area contributed by atoms with Crippen molar-refractivity contribution in [1.82, 2.24) is 25.4 Å². The smallest absolute Gasteiger partial charge is 0.255 e. The van der Waals surface area contributed by atoms with E-state index in [-0.39, 0.29) is 41.8 Å². The Bertz CT molecular complexity index is 2590. The van der Waals surface area contributed by atoms with Gasteiger partial charge in [-0.25, -0.2) is 4.39 Å². The van der Waals surface area contributed by atoms with E-state index in [0.29, 0.717) is 78.8 Å². The summed E-state index contributed by atoms with van der Waals surface area (Å²) in [5.74, 6) is -0.538. The molecule has 4 aromatic rings. The highest BCUT2D eigenvalue weighted by Crippen LogP contribution is 2.56. The number of H-pyrrole nitrogens is 1. The zero-order chi connectivity index (χ0) is 44.4. The predicted molar refractivity (Wildman–Crippen MR) is 235 cm³/mol. The van der Waals surface area contributed by atoms with Gasteiger partial charge in [0.1, 0.15) is 29.6 Å². The predicted octanol–water partition coefficient (Wildman–Crippen LogP) is 4.90. The lowest BCUT2D eigenvalue weighted by Gasteiger charge is -2.63. The van der Waals surface area contributed by atoms with E-state index >= 15 is 4.39 Å². The fourth-order valence-corrected chi connectivity index (χ4v) is 11.0. The minimum Gasteiger partial charge on any atom is -0.488 e. The van der Waals surface area contributed by atoms with Gasteiger partial charge in [-0.15, -0.1) is 0 Å². The summed E-state index contributed by atoms with van der Waals surface area (Å²) in [6.45, 7) is 13.0. The Balaban J connectivity index is 0.750. The van der Waals surface area contributed by atoms with E-state index in [1.165, 1.54) is 6.07 Å². The first-order chi connectivity index (χ1) is 30.0. The fourth-order valence-electron chi connectivity index (χ4n) is 11.0. The monoisotopic (exact) mass is 856 g/mol. The highest BCUT2D eigenvalue weighted by Gasteiger charge is 2.64. The van der Waals surface area contributed by atoms with Gasteiger partial charge in [0.2, 0.25) is 17.4 Å². The van der Waals surface area contributed by atoms with Crippen LogP contribution in [0.5, 0.6) is 5.75 Å². The number of piperidine rings is 2. The maximum absolute atomic E-state index is 16.4. The Labute approximate surface area is 365 Å². The molecular weight excluding hydrogens is 804 g/mol. The molecule has 4 aliphatic heterocycles. The number of halogens is 1. The van der Waals surface area contributed by atoms with Gasteiger partial charge in [-0.1, -0.05) is 27.7 Å². The number of carbonyl (C=O) groups is 4. The highest BCUT2D eigenvalue weighted by molar-refractivity contribution is 6.05. The molecule has 1 aliphatic carbocycles. The second-order valence-corrected chi connectivity index (χ2v) is 19.1. The van der Waals surface area contributed by atoms with E-state index < -0.39 is 28.4 Å². The number of aromatic amines is 1. The molecule has 9 rings (SSSR count). The zero-order valence-corrected chi connectivity index (χ0v) is 36.1. The van der Waals surface area contributed by atoms with Crippen molar-refractivity contribution < 1.29 is 28.3 Å². The number of hydrogen-bond donors (Lipinski definition) is 3. The Morgan fingerprint density at radius 2 is 1.56 bits per heavy atom. The van der Waals surface area contributed by atoms with Crippen LogP contribution in [0.25, 0.3) is 10.9 Å². The zero-order valence-electron chi connectivity index (χ0n) is 36.1. The quantitative estimate of drug-likeness (QED) is 0.197. The standard InChI is InChI=1S/C48H53FN8O6/c1-46(2)44(47(3,4)45(46)63-37-14-7-30(26-50)40-35(37)12-15-38(58)51-40)53-41(60)29-5-8-32(9-6-29)55-19-17-48(49,18-20-55)28-54-21-23-56(24-22-54)33-10-11-34-31(25-33)27-57(43(34)62)36-13-16-39(59)52-42(36)61/h5-12,14-15,25,36,44-45H,13,16-24,27-28H2,1-4H3,(H,51,58)(H,53,60)(H,52,59,61)/t36-,44?,45?/m0/s1. The number of alkyl halides is 1. The Kier molecular flexibility index (Phi) is 10.6. The molecule has 63 heavy (non-hydrogen) atoms. The number of rotatable bonds is 9. The Hall–Kier alpha value is -6.27. The molecule has 328 valence electrons. The Morgan fingerprint density at radius 3 is 2.24 bits per heavy atom. The lowest BCUT2D eigenvalue weighted by molar-refractivity contribution is -0.163. The molecule has 4 amide bonds. The third-order valence-electron chi connectivity index (χ3n) is 14.2. The third-order valence-corrected chi connectivity index (χ3v) is 14.2. The van der Waals surface area contributed by atoms with Crippen LogP contribution in [0, 0.1) is 22.2 Å². The minimum absolute atomic E-state index is 0.184. The van der Waals surface area contributed by atoms with Crippen LogP contribution in [0.4, 0.5) is 15.8 Å². The van der Waals surface area contributed by atoms with Crippen molar-refractivity contribution in [2.75, 3.05) is 55.6 Å². The number of imide groups is 1. The van der Waals surface area contributed by atoms with Crippen LogP contribution in [-0.4, -0.2) is 108 Å². The summed E-state index contributed by atoms with van der Waals surface area (Å²) in [7, 11) is 0. The fraction of sp³-hybridized carbons (Fsp3) is 0.458. The molecular formula is C48H53FN8O6. The van der Waals surface area contributed by atoms with Crippen LogP contribution < -0.4 is 30.7 Å². The van der Waals surface area contributed by atoms with Gasteiger partial charge in [0.15, 0.2) is 0 Å². The van der Waals surface area contributed by atoms with Crippen LogP contribution in [-0.2, 0) is 16.1 Å². The molecule has 1 saturated carbocycles. The molecule has 3 N–H and O–H groups in total. The third kappa shape index (κ3) is 7.68. The minimum atomic E-state index is -1.30. The number of carbonyl (C=O) groups excluding carboxylic acids is 4. The van der Waals surface area contributed by atoms with Crippen LogP contribution in [0.15, 0.2) is 71.5 Å². The van der Waals surface area contributed by atoms with Crippen molar-refractivity contribution in [3.05, 3.63) is 99.3 Å². The molecule has 5 heterocycles. The van der Waals surface area contributed by atoms with E-state index in [4.69, 9.17) is 4.74 Å². The average Bonchev–Trinajstić information content (AvgIpc) is 3.59. The van der Waals surface area contributed by atoms with Crippen molar-refractivity contribution in [3.63, 3.8) is 0 Å². The van der Waals surface area contributed by atoms with Crippen molar-refractivity contribution in [1.29, 1.82) is 5.26 Å². The summed E-state index contributed by atoms with van der Waals surface area (Å²) in [6.07, 6.45) is 1.08. The number of ether oxygens (including phenoxy) is 1. The number of fused-ring (bicyclic) bond motifs is 2. The molecule has 0 radical (unpaired) electrons. The number of amides is 4. The summed E-state index contributed by atoms with van der Waals surface area (Å²) in [5, 5.41) is 15.8. The number of benzene rings is 3. The first kappa shape index (κ1) is 42.1. The maximum Gasteiger partial charge on any atom is 0.255 e. The SMILES string of the molecule is CC1(C)C(NC(=O)c2ccc(N3CCC(F)(CN4CCN(c5ccc6c(c5)CN([C@H]5CCC(=O)NC5=O)C6=O)CC4)CC3)cc2)C(C)(C)C1Oc1ccc(C#N)c2[nH]c(=O)ccc12. The molecule has 3 aromatic carbocycles. The molecule has 14 nitrogen and oxygen atoms in total. The van der Waals surface area contributed by atoms with Crippen LogP contribution in [0.2, 0.25) is 0 Å². The van der Waals surface area contributed by atoms with Crippen LogP contribution in [0.3, 0.4) is 0 Å². The number of hydrogen-bond acceptors (Lipinski definition) is 10. The van der Waals surface area contributed by atoms with Gasteiger partial charge in [-0.2, -0.15) is 5.26 Å². The number of nitrogens with zero attached hydrogens (tertiary/aromatic N) is 5. The van der Waals surface area contributed by atoms with Gasteiger partial charge in [0.05, 0.1) is 11.1 Å². The number of nitriles is 1. The lowest BCUT2D eigenvalue weighted by Crippen LogP contribution is -2.74. The van der Waals surface area contributed by atoms with Crippen LogP contribution in [0.1, 0.15) is 85.2 Å². The largest absolute Gasteiger partial charge is 0.488 e. The number of nitrogens with one attached hydrogen (secondary N) is 3. The summed E-state index contributed by atoms with van der Waals surface area (Å²) >= 11 is 0. The molecule has 3 saturated heterocycles. The lowest BCUT2D eigenvalue weighted by atomic mass is 9.49. The molecule has 15 heteroatoms. The topological polar surface area (TPSA) is 171 Å². The highest BCUT2D eigenvalue weighted by atomic mass is 19.1. The number of pyridine rings is 1. The first-order valence-corrected chi connectivity index (χ1v) is 21.9. The summed E-state index contributed by atoms with van der Waals surface area (Å²) in [4.78, 5) is 73.9. The summed E-state index contributed by atoms with van der Waals surface area (Å²) < 4.78 is 23.0. The van der Waals surface area contributed by atoms with Gasteiger partial charge < -0.3 is 29.7 Å². The van der Waals surface area contributed by atoms with E-state index in [9.17, 15) is 29.2 Å². The van der Waals surface area contributed by atoms with Crippen LogP contribution >= 0.6 is 0 Å². The normalized spacial score (nSPS) is 24.0. The van der Waals surface area contributed by atoms with E-state index in [1.807, 2.05) is 42.5 Å². The maximum atomic E-state index is 16.4. The second kappa shape index (κ2) is 15.8. The summed E-state index contributed by atoms with van der Waals surface area (Å²) in [6, 6.07) is 21.1. The number of anilines is 2. The van der Waals surface area contributed by atoms with Gasteiger partial charge in [-0.3, -0.25) is 34.2 Å². The molecule has 0 spiro atoms. The Morgan fingerprint density at radius 1 is 0.873 bits per heavy atom. The molecule has 5 aliphatic rings. The first-order valence-electron chi connectivity index (χ1n) is 21.9. The molecule has 0 bridgehead atoms. The molecule has 0 unspecified atom stereocenters. The van der Waals surface area contributed by atoms with Gasteiger partial charge in [-0.05, 0) is 72.6 Å². The van der Waals surface area contributed by atoms with Gasteiger partial charge >= 0.3 is 0 Å². The van der Waals surface area contributed by atoms with Crippen molar-refractivity contribution >= 4 is 45.9 Å². The number of aromatic nitrogens is 1. The molecule has 1 atom stereocenters. The van der Waals surface area contributed by atoms with Crippen molar-refractivity contribution in [2.45, 2.75) is 83.8 Å². The van der Waals surface area contributed by atoms with E-state index in [2.05, 4.69) is 64.1 Å². The average molecular weight is 857 g/mol. The van der Waals surface area contributed by atoms with Gasteiger partial charge in [0.25, 0.3) is 11.8 Å². The van der Waals surface area contributed by atoms with Crippen molar-refractivity contribution in [2.24, 2.45) is 10.8 Å². The van der Waals surface area contributed by atoms with Crippen molar-refractivity contribution in [3.8, 4) is 11.8 Å². The second-order valence-electron chi connectivity index (χ2n) is 19.1. The van der Waals surface area contributed by atoms with E-state index in [0.717, 1.165) is 43.1 Å². The summed E-state index contributed by atoms with van der Waals surface area (Å²) in [5.41, 5.74) is 2.25. The molecule has 1 aromatic heterocycles. The van der Waals surface area contributed by atoms with Gasteiger partial charge in [0, 0.05) is 122 Å². The van der Waals surface area contributed by atoms with E-state index in [1.54, 1.807) is 23.1 Å². The molecule has 4 fully saturated rings.